The van der Waals surface area contributed by atoms with Crippen molar-refractivity contribution in [3.8, 4) is 0 Å². The summed E-state index contributed by atoms with van der Waals surface area (Å²) in [6.07, 6.45) is 1.07. The van der Waals surface area contributed by atoms with Gasteiger partial charge in [0.25, 0.3) is 0 Å². The van der Waals surface area contributed by atoms with E-state index in [1.807, 2.05) is 0 Å². The first kappa shape index (κ1) is 28.9. The standard InChI is InChI=1S/C28H29P.2ClH.Ti/c1-20-21(2)23(4)28(22(20)3)27-18-12-11-13-24(27)19-29(25-14-7-5-8-15-25)26-16-9-6-10-17-26;;;/h5-18,22H,19H2,1-4H3;2*1H;. The molecular formula is C28H31Cl2PTi. The van der Waals surface area contributed by atoms with E-state index in [4.69, 9.17) is 0 Å². The zero-order chi connectivity index (χ0) is 20.4. The van der Waals surface area contributed by atoms with Crippen LogP contribution in [0, 0.1) is 5.92 Å². The molecule has 0 spiro atoms. The van der Waals surface area contributed by atoms with Crippen molar-refractivity contribution in [2.75, 3.05) is 0 Å². The summed E-state index contributed by atoms with van der Waals surface area (Å²) >= 11 is 0. The quantitative estimate of drug-likeness (QED) is 0.238. The van der Waals surface area contributed by atoms with Gasteiger partial charge >= 0.3 is 0 Å². The summed E-state index contributed by atoms with van der Waals surface area (Å²) in [5.41, 5.74) is 8.87. The van der Waals surface area contributed by atoms with E-state index in [-0.39, 0.29) is 46.5 Å². The molecule has 166 valence electrons. The summed E-state index contributed by atoms with van der Waals surface area (Å²) in [7, 11) is -0.445. The predicted molar refractivity (Wildman–Crippen MR) is 144 cm³/mol. The van der Waals surface area contributed by atoms with E-state index in [0.717, 1.165) is 6.16 Å². The van der Waals surface area contributed by atoms with E-state index in [2.05, 4.69) is 113 Å². The van der Waals surface area contributed by atoms with Crippen molar-refractivity contribution in [1.29, 1.82) is 0 Å². The minimum atomic E-state index is -0.445. The predicted octanol–water partition coefficient (Wildman–Crippen LogP) is 7.92. The molecule has 32 heavy (non-hydrogen) atoms. The number of benzene rings is 3. The number of allylic oxidation sites excluding steroid dienone is 4. The maximum Gasteiger partial charge on any atom is 0.00316 e. The number of halogens is 2. The Kier molecular flexibility index (Phi) is 11.7. The molecule has 0 aliphatic heterocycles. The minimum Gasteiger partial charge on any atom is -0.147 e. The van der Waals surface area contributed by atoms with Crippen molar-refractivity contribution in [3.05, 3.63) is 113 Å². The Morgan fingerprint density at radius 2 is 1.12 bits per heavy atom. The van der Waals surface area contributed by atoms with Gasteiger partial charge in [0, 0.05) is 33.8 Å². The van der Waals surface area contributed by atoms with Crippen LogP contribution in [0.4, 0.5) is 0 Å². The van der Waals surface area contributed by atoms with E-state index in [1.54, 1.807) is 0 Å². The molecule has 0 heterocycles. The van der Waals surface area contributed by atoms with Gasteiger partial charge in [0.1, 0.15) is 0 Å². The second-order valence-electron chi connectivity index (χ2n) is 7.98. The molecule has 0 saturated heterocycles. The van der Waals surface area contributed by atoms with E-state index in [1.165, 1.54) is 44.0 Å². The van der Waals surface area contributed by atoms with Crippen LogP contribution in [0.15, 0.2) is 102 Å². The monoisotopic (exact) mass is 516 g/mol. The van der Waals surface area contributed by atoms with Gasteiger partial charge in [-0.2, -0.15) is 0 Å². The molecule has 3 aromatic rings. The molecule has 1 aliphatic rings. The first-order valence-corrected chi connectivity index (χ1v) is 11.9. The molecule has 0 fully saturated rings. The van der Waals surface area contributed by atoms with Crippen LogP contribution in [-0.2, 0) is 27.9 Å². The number of hydrogen-bond acceptors (Lipinski definition) is 0. The van der Waals surface area contributed by atoms with Crippen LogP contribution in [0.1, 0.15) is 38.8 Å². The fraction of sp³-hybridized carbons (Fsp3) is 0.214. The Labute approximate surface area is 222 Å². The van der Waals surface area contributed by atoms with Crippen molar-refractivity contribution in [1.82, 2.24) is 0 Å². The molecule has 1 atom stereocenters. The van der Waals surface area contributed by atoms with Crippen LogP contribution in [0.25, 0.3) is 5.57 Å². The summed E-state index contributed by atoms with van der Waals surface area (Å²) in [5.74, 6) is 0.496. The van der Waals surface area contributed by atoms with E-state index < -0.39 is 7.92 Å². The van der Waals surface area contributed by atoms with Crippen molar-refractivity contribution in [2.45, 2.75) is 33.9 Å². The molecule has 4 rings (SSSR count). The Balaban J connectivity index is 0.00000171. The minimum absolute atomic E-state index is 0. The van der Waals surface area contributed by atoms with Gasteiger partial charge < -0.3 is 0 Å². The largest absolute Gasteiger partial charge is 0.147 e. The summed E-state index contributed by atoms with van der Waals surface area (Å²) in [5, 5.41) is 2.89. The van der Waals surface area contributed by atoms with E-state index in [0.29, 0.717) is 5.92 Å². The summed E-state index contributed by atoms with van der Waals surface area (Å²) in [6, 6.07) is 31.1. The maximum absolute atomic E-state index is 2.36. The Morgan fingerprint density at radius 1 is 0.656 bits per heavy atom. The van der Waals surface area contributed by atoms with Gasteiger partial charge in [-0.25, -0.2) is 0 Å². The zero-order valence-corrected chi connectivity index (χ0v) is 23.2. The Morgan fingerprint density at radius 3 is 1.59 bits per heavy atom. The topological polar surface area (TPSA) is 0 Å². The molecule has 1 aliphatic carbocycles. The normalized spacial score (nSPS) is 15.2. The van der Waals surface area contributed by atoms with Crippen LogP contribution in [0.5, 0.6) is 0 Å². The first-order valence-electron chi connectivity index (χ1n) is 10.4. The SMILES string of the molecule is CC1=C(C)C(C)C(c2ccccc2CP(c2ccccc2)c2ccccc2)=C1C.Cl.Cl.[Ti]. The fourth-order valence-electron chi connectivity index (χ4n) is 4.44. The second-order valence-corrected chi connectivity index (χ2v) is 10.2. The van der Waals surface area contributed by atoms with Gasteiger partial charge in [-0.3, -0.25) is 0 Å². The summed E-state index contributed by atoms with van der Waals surface area (Å²) in [6.45, 7) is 9.22. The molecule has 0 bridgehead atoms. The van der Waals surface area contributed by atoms with Gasteiger partial charge in [-0.15, -0.1) is 24.8 Å². The van der Waals surface area contributed by atoms with Gasteiger partial charge in [0.2, 0.25) is 0 Å². The maximum atomic E-state index is 2.36. The Bertz CT molecular complexity index is 1040. The van der Waals surface area contributed by atoms with E-state index >= 15 is 0 Å². The van der Waals surface area contributed by atoms with Crippen LogP contribution >= 0.6 is 32.7 Å². The van der Waals surface area contributed by atoms with Gasteiger partial charge in [-0.05, 0) is 67.1 Å². The molecule has 4 heteroatoms. The molecule has 0 N–H and O–H groups in total. The van der Waals surface area contributed by atoms with E-state index in [9.17, 15) is 0 Å². The average Bonchev–Trinajstić information content (AvgIpc) is 2.96. The third-order valence-electron chi connectivity index (χ3n) is 6.41. The Hall–Kier alpha value is -1.14. The summed E-state index contributed by atoms with van der Waals surface area (Å²) in [4.78, 5) is 0. The van der Waals surface area contributed by atoms with Crippen LogP contribution in [0.2, 0.25) is 0 Å². The fourth-order valence-corrected chi connectivity index (χ4v) is 6.78. The smallest absolute Gasteiger partial charge is 0.00316 e. The van der Waals surface area contributed by atoms with Crippen LogP contribution in [0.3, 0.4) is 0 Å². The third-order valence-corrected chi connectivity index (χ3v) is 8.91. The number of rotatable bonds is 5. The third kappa shape index (κ3) is 5.86. The van der Waals surface area contributed by atoms with Crippen molar-refractivity contribution in [2.24, 2.45) is 5.92 Å². The molecule has 1 unspecified atom stereocenters. The van der Waals surface area contributed by atoms with Crippen LogP contribution in [-0.4, -0.2) is 0 Å². The van der Waals surface area contributed by atoms with Crippen molar-refractivity contribution in [3.63, 3.8) is 0 Å². The first-order chi connectivity index (χ1) is 14.1. The second kappa shape index (κ2) is 12.9. The van der Waals surface area contributed by atoms with Crippen LogP contribution < -0.4 is 10.6 Å². The van der Waals surface area contributed by atoms with Gasteiger partial charge in [0.05, 0.1) is 0 Å². The zero-order valence-electron chi connectivity index (χ0n) is 19.1. The number of hydrogen-bond donors (Lipinski definition) is 0. The average molecular weight is 517 g/mol. The molecule has 0 aromatic heterocycles. The molecule has 3 aromatic carbocycles. The molecular weight excluding hydrogens is 486 g/mol. The van der Waals surface area contributed by atoms with Crippen molar-refractivity contribution < 1.29 is 21.7 Å². The molecule has 0 amide bonds. The molecule has 0 saturated carbocycles. The van der Waals surface area contributed by atoms with Crippen molar-refractivity contribution >= 4 is 48.9 Å². The van der Waals surface area contributed by atoms with Gasteiger partial charge in [-0.1, -0.05) is 97.4 Å². The molecule has 0 radical (unpaired) electrons. The summed E-state index contributed by atoms with van der Waals surface area (Å²) < 4.78 is 0. The van der Waals surface area contributed by atoms with Gasteiger partial charge in [0.15, 0.2) is 0 Å². The molecule has 0 nitrogen and oxygen atoms in total.